The standard InChI is InChI=1S/C26H23ClN2O3/c1-3-31-25-15-19(10-13-24(25)32-17-20-6-4-5-7-23(20)27)14-21(16-28)26(30)29-22-11-8-18(2)9-12-22/h4-15H,3,17H2,1-2H3,(H,29,30)/b21-14-. The first-order valence-corrected chi connectivity index (χ1v) is 10.5. The molecule has 32 heavy (non-hydrogen) atoms. The van der Waals surface area contributed by atoms with Crippen LogP contribution in [0.5, 0.6) is 11.5 Å². The molecule has 0 heterocycles. The Morgan fingerprint density at radius 1 is 1.06 bits per heavy atom. The molecule has 0 bridgehead atoms. The van der Waals surface area contributed by atoms with E-state index >= 15 is 0 Å². The van der Waals surface area contributed by atoms with Gasteiger partial charge in [0.05, 0.1) is 6.61 Å². The zero-order valence-corrected chi connectivity index (χ0v) is 18.6. The first-order chi connectivity index (χ1) is 15.5. The molecule has 1 amide bonds. The molecule has 0 unspecified atom stereocenters. The van der Waals surface area contributed by atoms with Crippen LogP contribution in [0.25, 0.3) is 6.08 Å². The Balaban J connectivity index is 1.78. The van der Waals surface area contributed by atoms with E-state index in [1.54, 1.807) is 30.3 Å². The lowest BCUT2D eigenvalue weighted by atomic mass is 10.1. The van der Waals surface area contributed by atoms with Crippen molar-refractivity contribution in [2.75, 3.05) is 11.9 Å². The number of nitrogens with one attached hydrogen (secondary N) is 1. The summed E-state index contributed by atoms with van der Waals surface area (Å²) >= 11 is 6.20. The number of hydrogen-bond donors (Lipinski definition) is 1. The first-order valence-electron chi connectivity index (χ1n) is 10.1. The lowest BCUT2D eigenvalue weighted by Crippen LogP contribution is -2.13. The number of hydrogen-bond acceptors (Lipinski definition) is 4. The predicted octanol–water partition coefficient (Wildman–Crippen LogP) is 6.17. The molecule has 0 atom stereocenters. The van der Waals surface area contributed by atoms with Crippen molar-refractivity contribution in [1.29, 1.82) is 5.26 Å². The predicted molar refractivity (Wildman–Crippen MR) is 127 cm³/mol. The number of aryl methyl sites for hydroxylation is 1. The van der Waals surface area contributed by atoms with Gasteiger partial charge in [-0.1, -0.05) is 53.6 Å². The Morgan fingerprint density at radius 3 is 2.50 bits per heavy atom. The largest absolute Gasteiger partial charge is 0.490 e. The lowest BCUT2D eigenvalue weighted by molar-refractivity contribution is -0.112. The number of carbonyl (C=O) groups is 1. The average molecular weight is 447 g/mol. The minimum atomic E-state index is -0.478. The molecule has 0 aliphatic heterocycles. The number of amides is 1. The zero-order valence-electron chi connectivity index (χ0n) is 17.9. The molecule has 3 rings (SSSR count). The first kappa shape index (κ1) is 22.9. The van der Waals surface area contributed by atoms with Crippen LogP contribution in [0, 0.1) is 18.3 Å². The fourth-order valence-electron chi connectivity index (χ4n) is 2.92. The zero-order chi connectivity index (χ0) is 22.9. The van der Waals surface area contributed by atoms with Crippen molar-refractivity contribution in [3.05, 3.63) is 94.0 Å². The molecule has 0 aliphatic carbocycles. The van der Waals surface area contributed by atoms with Crippen molar-refractivity contribution in [2.24, 2.45) is 0 Å². The van der Waals surface area contributed by atoms with E-state index in [1.165, 1.54) is 6.08 Å². The summed E-state index contributed by atoms with van der Waals surface area (Å²) in [5.41, 5.74) is 3.20. The summed E-state index contributed by atoms with van der Waals surface area (Å²) in [5, 5.41) is 12.9. The Kier molecular flexibility index (Phi) is 7.91. The molecule has 1 N–H and O–H groups in total. The highest BCUT2D eigenvalue weighted by Crippen LogP contribution is 2.31. The molecular weight excluding hydrogens is 424 g/mol. The minimum absolute atomic E-state index is 0.0160. The molecule has 0 spiro atoms. The van der Waals surface area contributed by atoms with Crippen molar-refractivity contribution in [3.63, 3.8) is 0 Å². The SMILES string of the molecule is CCOc1cc(/C=C(/C#N)C(=O)Nc2ccc(C)cc2)ccc1OCc1ccccc1Cl. The van der Waals surface area contributed by atoms with Crippen LogP contribution in [0.3, 0.4) is 0 Å². The van der Waals surface area contributed by atoms with Gasteiger partial charge in [-0.05, 0) is 55.8 Å². The summed E-state index contributed by atoms with van der Waals surface area (Å²) in [6.45, 7) is 4.56. The van der Waals surface area contributed by atoms with Gasteiger partial charge in [-0.25, -0.2) is 0 Å². The van der Waals surface area contributed by atoms with Gasteiger partial charge in [-0.15, -0.1) is 0 Å². The van der Waals surface area contributed by atoms with Crippen molar-refractivity contribution in [1.82, 2.24) is 0 Å². The molecule has 3 aromatic carbocycles. The summed E-state index contributed by atoms with van der Waals surface area (Å²) in [5.74, 6) is 0.587. The van der Waals surface area contributed by atoms with E-state index in [2.05, 4.69) is 5.32 Å². The van der Waals surface area contributed by atoms with Crippen LogP contribution in [0.4, 0.5) is 5.69 Å². The van der Waals surface area contributed by atoms with Crippen LogP contribution < -0.4 is 14.8 Å². The van der Waals surface area contributed by atoms with Gasteiger partial charge in [0, 0.05) is 16.3 Å². The van der Waals surface area contributed by atoms with Gasteiger partial charge in [0.1, 0.15) is 18.2 Å². The topological polar surface area (TPSA) is 71.3 Å². The summed E-state index contributed by atoms with van der Waals surface area (Å²) in [6.07, 6.45) is 1.52. The third-order valence-corrected chi connectivity index (χ3v) is 4.96. The highest BCUT2D eigenvalue weighted by Gasteiger charge is 2.12. The molecule has 0 fully saturated rings. The maximum absolute atomic E-state index is 12.5. The lowest BCUT2D eigenvalue weighted by Gasteiger charge is -2.13. The van der Waals surface area contributed by atoms with E-state index in [4.69, 9.17) is 21.1 Å². The van der Waals surface area contributed by atoms with Crippen molar-refractivity contribution < 1.29 is 14.3 Å². The molecule has 0 aliphatic rings. The normalized spacial score (nSPS) is 10.9. The minimum Gasteiger partial charge on any atom is -0.490 e. The smallest absolute Gasteiger partial charge is 0.266 e. The molecule has 162 valence electrons. The molecular formula is C26H23ClN2O3. The van der Waals surface area contributed by atoms with Crippen LogP contribution in [0.15, 0.2) is 72.3 Å². The van der Waals surface area contributed by atoms with Crippen molar-refractivity contribution in [2.45, 2.75) is 20.5 Å². The Labute approximate surface area is 192 Å². The van der Waals surface area contributed by atoms with Gasteiger partial charge in [0.15, 0.2) is 11.5 Å². The fraction of sp³-hybridized carbons (Fsp3) is 0.154. The number of halogens is 1. The summed E-state index contributed by atoms with van der Waals surface area (Å²) in [4.78, 5) is 12.5. The van der Waals surface area contributed by atoms with Gasteiger partial charge in [0.2, 0.25) is 0 Å². The summed E-state index contributed by atoms with van der Waals surface area (Å²) in [6, 6.07) is 22.0. The highest BCUT2D eigenvalue weighted by atomic mass is 35.5. The number of benzene rings is 3. The fourth-order valence-corrected chi connectivity index (χ4v) is 3.11. The maximum atomic E-state index is 12.5. The van der Waals surface area contributed by atoms with Crippen LogP contribution in [0.2, 0.25) is 5.02 Å². The highest BCUT2D eigenvalue weighted by molar-refractivity contribution is 6.31. The van der Waals surface area contributed by atoms with Crippen molar-refractivity contribution >= 4 is 29.3 Å². The van der Waals surface area contributed by atoms with Crippen LogP contribution in [-0.2, 0) is 11.4 Å². The van der Waals surface area contributed by atoms with Gasteiger partial charge in [-0.2, -0.15) is 5.26 Å². The number of anilines is 1. The van der Waals surface area contributed by atoms with Crippen LogP contribution in [0.1, 0.15) is 23.6 Å². The number of nitriles is 1. The number of nitrogens with zero attached hydrogens (tertiary/aromatic N) is 1. The number of ether oxygens (including phenoxy) is 2. The molecule has 3 aromatic rings. The molecule has 0 aromatic heterocycles. The monoisotopic (exact) mass is 446 g/mol. The van der Waals surface area contributed by atoms with E-state index in [0.29, 0.717) is 34.4 Å². The molecule has 0 saturated heterocycles. The van der Waals surface area contributed by atoms with Gasteiger partial charge in [-0.3, -0.25) is 4.79 Å². The number of rotatable bonds is 8. The molecule has 0 radical (unpaired) electrons. The Hall–Kier alpha value is -3.75. The van der Waals surface area contributed by atoms with Gasteiger partial charge >= 0.3 is 0 Å². The van der Waals surface area contributed by atoms with E-state index in [0.717, 1.165) is 11.1 Å². The van der Waals surface area contributed by atoms with E-state index in [9.17, 15) is 10.1 Å². The average Bonchev–Trinajstić information content (AvgIpc) is 2.79. The third-order valence-electron chi connectivity index (χ3n) is 4.59. The van der Waals surface area contributed by atoms with Crippen LogP contribution in [-0.4, -0.2) is 12.5 Å². The Bertz CT molecular complexity index is 1160. The Morgan fingerprint density at radius 2 is 1.81 bits per heavy atom. The second-order valence-corrected chi connectivity index (χ2v) is 7.42. The molecule has 0 saturated carbocycles. The van der Waals surface area contributed by atoms with Gasteiger partial charge < -0.3 is 14.8 Å². The van der Waals surface area contributed by atoms with Crippen molar-refractivity contribution in [3.8, 4) is 17.6 Å². The summed E-state index contributed by atoms with van der Waals surface area (Å²) in [7, 11) is 0. The molecule has 5 nitrogen and oxygen atoms in total. The van der Waals surface area contributed by atoms with E-state index < -0.39 is 5.91 Å². The van der Waals surface area contributed by atoms with Crippen LogP contribution >= 0.6 is 11.6 Å². The molecule has 6 heteroatoms. The second kappa shape index (κ2) is 11.0. The number of carbonyl (C=O) groups excluding carboxylic acids is 1. The summed E-state index contributed by atoms with van der Waals surface area (Å²) < 4.78 is 11.6. The van der Waals surface area contributed by atoms with E-state index in [1.807, 2.05) is 56.3 Å². The quantitative estimate of drug-likeness (QED) is 0.331. The maximum Gasteiger partial charge on any atom is 0.266 e. The third kappa shape index (κ3) is 6.13. The van der Waals surface area contributed by atoms with Gasteiger partial charge in [0.25, 0.3) is 5.91 Å². The van der Waals surface area contributed by atoms with E-state index in [-0.39, 0.29) is 12.2 Å². The second-order valence-electron chi connectivity index (χ2n) is 7.01.